The van der Waals surface area contributed by atoms with Crippen molar-refractivity contribution in [1.29, 1.82) is 0 Å². The first-order valence-electron chi connectivity index (χ1n) is 5.75. The van der Waals surface area contributed by atoms with E-state index in [1.165, 1.54) is 26.2 Å². The van der Waals surface area contributed by atoms with Crippen LogP contribution in [0.2, 0.25) is 5.02 Å². The van der Waals surface area contributed by atoms with E-state index in [1.807, 2.05) is 19.2 Å². The second kappa shape index (κ2) is 4.63. The van der Waals surface area contributed by atoms with Crippen LogP contribution in [-0.4, -0.2) is 7.05 Å². The van der Waals surface area contributed by atoms with Crippen LogP contribution in [0, 0.1) is 0 Å². The number of hydrogen-bond donors (Lipinski definition) is 1. The van der Waals surface area contributed by atoms with Gasteiger partial charge in [-0.15, -0.1) is 11.3 Å². The van der Waals surface area contributed by atoms with Crippen LogP contribution in [0.4, 0.5) is 5.69 Å². The summed E-state index contributed by atoms with van der Waals surface area (Å²) < 4.78 is 1.30. The van der Waals surface area contributed by atoms with Gasteiger partial charge in [0.25, 0.3) is 0 Å². The first-order valence-corrected chi connectivity index (χ1v) is 6.94. The van der Waals surface area contributed by atoms with Gasteiger partial charge in [-0.25, -0.2) is 0 Å². The summed E-state index contributed by atoms with van der Waals surface area (Å²) in [5, 5.41) is 5.35. The summed E-state index contributed by atoms with van der Waals surface area (Å²) in [6.07, 6.45) is 0. The van der Waals surface area contributed by atoms with Crippen molar-refractivity contribution in [2.45, 2.75) is 0 Å². The molecule has 0 fully saturated rings. The molecule has 3 heteroatoms. The number of benzene rings is 2. The Hall–Kier alpha value is -1.51. The first kappa shape index (κ1) is 11.6. The van der Waals surface area contributed by atoms with Crippen molar-refractivity contribution in [2.75, 3.05) is 12.4 Å². The highest BCUT2D eigenvalue weighted by atomic mass is 35.5. The molecule has 3 aromatic rings. The van der Waals surface area contributed by atoms with Crippen molar-refractivity contribution >= 4 is 38.7 Å². The average molecular weight is 274 g/mol. The highest BCUT2D eigenvalue weighted by Crippen LogP contribution is 2.42. The van der Waals surface area contributed by atoms with Crippen LogP contribution in [0.25, 0.3) is 20.5 Å². The van der Waals surface area contributed by atoms with Crippen LogP contribution >= 0.6 is 22.9 Å². The minimum absolute atomic E-state index is 0.769. The number of halogens is 1. The van der Waals surface area contributed by atoms with E-state index in [4.69, 9.17) is 11.6 Å². The third-order valence-electron chi connectivity index (χ3n) is 2.95. The van der Waals surface area contributed by atoms with E-state index in [0.29, 0.717) is 0 Å². The summed E-state index contributed by atoms with van der Waals surface area (Å²) in [5.74, 6) is 0. The molecule has 0 saturated heterocycles. The van der Waals surface area contributed by atoms with Crippen LogP contribution in [0.5, 0.6) is 0 Å². The third kappa shape index (κ3) is 1.88. The summed E-state index contributed by atoms with van der Waals surface area (Å²) in [6.45, 7) is 0. The number of nitrogens with one attached hydrogen (secondary N) is 1. The zero-order chi connectivity index (χ0) is 12.5. The largest absolute Gasteiger partial charge is 0.386 e. The molecular weight excluding hydrogens is 262 g/mol. The summed E-state index contributed by atoms with van der Waals surface area (Å²) in [5.41, 5.74) is 2.39. The van der Waals surface area contributed by atoms with Crippen molar-refractivity contribution < 1.29 is 0 Å². The van der Waals surface area contributed by atoms with E-state index in [-0.39, 0.29) is 0 Å². The molecule has 0 bridgehead atoms. The Morgan fingerprint density at radius 2 is 1.72 bits per heavy atom. The molecular formula is C15H12ClNS. The predicted octanol–water partition coefficient (Wildman–Crippen LogP) is 5.26. The molecule has 0 saturated carbocycles. The fourth-order valence-electron chi connectivity index (χ4n) is 2.10. The molecule has 1 aromatic heterocycles. The summed E-state index contributed by atoms with van der Waals surface area (Å²) in [6, 6.07) is 16.4. The Kier molecular flexibility index (Phi) is 2.98. The number of fused-ring (bicyclic) bond motifs is 1. The van der Waals surface area contributed by atoms with E-state index in [9.17, 15) is 0 Å². The highest BCUT2D eigenvalue weighted by Gasteiger charge is 2.11. The van der Waals surface area contributed by atoms with Crippen molar-refractivity contribution in [1.82, 2.24) is 0 Å². The minimum atomic E-state index is 0.769. The van der Waals surface area contributed by atoms with Crippen LogP contribution in [0.1, 0.15) is 0 Å². The Balaban J connectivity index is 2.25. The van der Waals surface area contributed by atoms with Gasteiger partial charge in [0, 0.05) is 22.2 Å². The van der Waals surface area contributed by atoms with Crippen LogP contribution in [-0.2, 0) is 0 Å². The first-order chi connectivity index (χ1) is 8.79. The average Bonchev–Trinajstić information content (AvgIpc) is 2.78. The zero-order valence-electron chi connectivity index (χ0n) is 9.91. The van der Waals surface area contributed by atoms with Gasteiger partial charge < -0.3 is 5.32 Å². The van der Waals surface area contributed by atoms with Gasteiger partial charge in [0.2, 0.25) is 0 Å². The number of anilines is 1. The fraction of sp³-hybridized carbons (Fsp3) is 0.0667. The Labute approximate surface area is 115 Å². The van der Waals surface area contributed by atoms with Gasteiger partial charge in [-0.2, -0.15) is 0 Å². The molecule has 90 valence electrons. The fourth-order valence-corrected chi connectivity index (χ4v) is 3.44. The van der Waals surface area contributed by atoms with Crippen molar-refractivity contribution in [2.24, 2.45) is 0 Å². The number of rotatable bonds is 2. The minimum Gasteiger partial charge on any atom is -0.386 e. The Morgan fingerprint density at radius 1 is 1.00 bits per heavy atom. The van der Waals surface area contributed by atoms with Gasteiger partial charge >= 0.3 is 0 Å². The maximum atomic E-state index is 5.94. The molecule has 1 N–H and O–H groups in total. The van der Waals surface area contributed by atoms with Crippen LogP contribution < -0.4 is 5.32 Å². The number of hydrogen-bond acceptors (Lipinski definition) is 2. The van der Waals surface area contributed by atoms with E-state index in [1.54, 1.807) is 11.3 Å². The molecule has 1 nitrogen and oxygen atoms in total. The van der Waals surface area contributed by atoms with E-state index < -0.39 is 0 Å². The molecule has 0 aliphatic carbocycles. The van der Waals surface area contributed by atoms with Gasteiger partial charge in [-0.3, -0.25) is 0 Å². The quantitative estimate of drug-likeness (QED) is 0.671. The molecule has 1 heterocycles. The second-order valence-electron chi connectivity index (χ2n) is 4.06. The molecule has 0 unspecified atom stereocenters. The molecule has 0 amide bonds. The predicted molar refractivity (Wildman–Crippen MR) is 81.8 cm³/mol. The van der Waals surface area contributed by atoms with Crippen LogP contribution in [0.15, 0.2) is 48.5 Å². The summed E-state index contributed by atoms with van der Waals surface area (Å²) in [4.78, 5) is 1.26. The van der Waals surface area contributed by atoms with Gasteiger partial charge in [0.15, 0.2) is 0 Å². The van der Waals surface area contributed by atoms with E-state index in [2.05, 4.69) is 41.7 Å². The van der Waals surface area contributed by atoms with Gasteiger partial charge in [0.1, 0.15) is 0 Å². The van der Waals surface area contributed by atoms with Gasteiger partial charge in [0.05, 0.1) is 10.6 Å². The van der Waals surface area contributed by atoms with E-state index >= 15 is 0 Å². The van der Waals surface area contributed by atoms with Gasteiger partial charge in [-0.1, -0.05) is 41.9 Å². The Bertz CT molecular complexity index is 685. The van der Waals surface area contributed by atoms with Gasteiger partial charge in [-0.05, 0) is 23.8 Å². The molecule has 3 rings (SSSR count). The van der Waals surface area contributed by atoms with Crippen molar-refractivity contribution in [3.05, 3.63) is 53.6 Å². The standard InChI is InChI=1S/C15H12ClNS/c1-17-14-12-4-2-3-5-13(12)18-15(14)10-6-8-11(16)9-7-10/h2-9,17H,1H3. The molecule has 0 aliphatic rings. The lowest BCUT2D eigenvalue weighted by Crippen LogP contribution is -1.88. The normalized spacial score (nSPS) is 10.8. The molecule has 0 radical (unpaired) electrons. The number of thiophene rings is 1. The molecule has 0 aliphatic heterocycles. The monoisotopic (exact) mass is 273 g/mol. The summed E-state index contributed by atoms with van der Waals surface area (Å²) >= 11 is 7.74. The van der Waals surface area contributed by atoms with Crippen molar-refractivity contribution in [3.63, 3.8) is 0 Å². The SMILES string of the molecule is CNc1c(-c2ccc(Cl)cc2)sc2ccccc12. The third-order valence-corrected chi connectivity index (χ3v) is 4.42. The van der Waals surface area contributed by atoms with Crippen LogP contribution in [0.3, 0.4) is 0 Å². The summed E-state index contributed by atoms with van der Waals surface area (Å²) in [7, 11) is 1.97. The topological polar surface area (TPSA) is 12.0 Å². The lowest BCUT2D eigenvalue weighted by molar-refractivity contribution is 1.56. The van der Waals surface area contributed by atoms with E-state index in [0.717, 1.165) is 5.02 Å². The lowest BCUT2D eigenvalue weighted by Gasteiger charge is -2.04. The lowest BCUT2D eigenvalue weighted by atomic mass is 10.1. The second-order valence-corrected chi connectivity index (χ2v) is 5.55. The molecule has 2 aromatic carbocycles. The highest BCUT2D eigenvalue weighted by molar-refractivity contribution is 7.23. The molecule has 0 atom stereocenters. The zero-order valence-corrected chi connectivity index (χ0v) is 11.5. The Morgan fingerprint density at radius 3 is 2.44 bits per heavy atom. The maximum Gasteiger partial charge on any atom is 0.0606 e. The van der Waals surface area contributed by atoms with Crippen molar-refractivity contribution in [3.8, 4) is 10.4 Å². The molecule has 18 heavy (non-hydrogen) atoms. The smallest absolute Gasteiger partial charge is 0.0606 e. The maximum absolute atomic E-state index is 5.94. The molecule has 0 spiro atoms.